The fourth-order valence-corrected chi connectivity index (χ4v) is 1.99. The Labute approximate surface area is 150 Å². The Bertz CT molecular complexity index is 772. The maximum absolute atomic E-state index is 11.8. The molecular weight excluding hydrogens is 338 g/mol. The standard InChI is InChI=1S/C18H19N3O5/c1-25-14-6-8-15(9-7-14)26-11-10-20-17(23)18(24)21-13-4-2-12(3-5-13)16(19)22/h2-9H,10-11H2,1H3,(H2,19,22)(H,20,23)(H,21,24). The van der Waals surface area contributed by atoms with E-state index in [2.05, 4.69) is 10.6 Å². The van der Waals surface area contributed by atoms with Crippen LogP contribution < -0.4 is 25.8 Å². The molecule has 0 spiro atoms. The molecule has 0 fully saturated rings. The van der Waals surface area contributed by atoms with Crippen molar-refractivity contribution in [1.82, 2.24) is 5.32 Å². The number of carbonyl (C=O) groups is 3. The number of hydrogen-bond donors (Lipinski definition) is 3. The predicted molar refractivity (Wildman–Crippen MR) is 95.1 cm³/mol. The number of anilines is 1. The molecule has 4 N–H and O–H groups in total. The van der Waals surface area contributed by atoms with Crippen LogP contribution >= 0.6 is 0 Å². The Balaban J connectivity index is 1.72. The van der Waals surface area contributed by atoms with E-state index in [9.17, 15) is 14.4 Å². The average Bonchev–Trinajstić information content (AvgIpc) is 2.66. The first-order chi connectivity index (χ1) is 12.5. The molecule has 2 rings (SSSR count). The van der Waals surface area contributed by atoms with E-state index in [4.69, 9.17) is 15.2 Å². The van der Waals surface area contributed by atoms with Crippen LogP contribution in [-0.4, -0.2) is 38.0 Å². The topological polar surface area (TPSA) is 120 Å². The first kappa shape index (κ1) is 18.8. The van der Waals surface area contributed by atoms with E-state index in [-0.39, 0.29) is 13.2 Å². The minimum Gasteiger partial charge on any atom is -0.497 e. The quantitative estimate of drug-likeness (QED) is 0.503. The summed E-state index contributed by atoms with van der Waals surface area (Å²) >= 11 is 0. The fourth-order valence-electron chi connectivity index (χ4n) is 1.99. The van der Waals surface area contributed by atoms with Crippen LogP contribution in [-0.2, 0) is 9.59 Å². The molecule has 136 valence electrons. The van der Waals surface area contributed by atoms with Gasteiger partial charge in [0, 0.05) is 11.3 Å². The van der Waals surface area contributed by atoms with E-state index in [1.165, 1.54) is 24.3 Å². The number of amides is 3. The molecule has 0 unspecified atom stereocenters. The third-order valence-corrected chi connectivity index (χ3v) is 3.35. The van der Waals surface area contributed by atoms with Crippen molar-refractivity contribution in [2.75, 3.05) is 25.6 Å². The average molecular weight is 357 g/mol. The molecule has 26 heavy (non-hydrogen) atoms. The molecule has 0 aromatic heterocycles. The van der Waals surface area contributed by atoms with Gasteiger partial charge in [-0.1, -0.05) is 0 Å². The van der Waals surface area contributed by atoms with Gasteiger partial charge in [-0.2, -0.15) is 0 Å². The highest BCUT2D eigenvalue weighted by atomic mass is 16.5. The number of nitrogens with two attached hydrogens (primary N) is 1. The van der Waals surface area contributed by atoms with Gasteiger partial charge >= 0.3 is 11.8 Å². The van der Waals surface area contributed by atoms with Crippen LogP contribution in [0, 0.1) is 0 Å². The van der Waals surface area contributed by atoms with Gasteiger partial charge in [-0.25, -0.2) is 0 Å². The zero-order valence-corrected chi connectivity index (χ0v) is 14.2. The largest absolute Gasteiger partial charge is 0.497 e. The van der Waals surface area contributed by atoms with Crippen molar-refractivity contribution in [1.29, 1.82) is 0 Å². The molecule has 0 saturated heterocycles. The summed E-state index contributed by atoms with van der Waals surface area (Å²) in [5.41, 5.74) is 5.82. The van der Waals surface area contributed by atoms with E-state index >= 15 is 0 Å². The van der Waals surface area contributed by atoms with E-state index in [1.54, 1.807) is 31.4 Å². The van der Waals surface area contributed by atoms with E-state index in [0.717, 1.165) is 0 Å². The molecule has 0 aliphatic carbocycles. The second-order valence-electron chi connectivity index (χ2n) is 5.18. The lowest BCUT2D eigenvalue weighted by molar-refractivity contribution is -0.136. The lowest BCUT2D eigenvalue weighted by atomic mass is 10.2. The van der Waals surface area contributed by atoms with Gasteiger partial charge in [0.05, 0.1) is 13.7 Å². The van der Waals surface area contributed by atoms with Crippen molar-refractivity contribution in [3.8, 4) is 11.5 Å². The van der Waals surface area contributed by atoms with Crippen LogP contribution in [0.2, 0.25) is 0 Å². The highest BCUT2D eigenvalue weighted by Crippen LogP contribution is 2.16. The van der Waals surface area contributed by atoms with Gasteiger partial charge in [0.15, 0.2) is 0 Å². The van der Waals surface area contributed by atoms with Crippen molar-refractivity contribution in [3.05, 3.63) is 54.1 Å². The molecule has 0 aliphatic rings. The molecule has 0 bridgehead atoms. The van der Waals surface area contributed by atoms with Crippen LogP contribution in [0.4, 0.5) is 5.69 Å². The van der Waals surface area contributed by atoms with E-state index < -0.39 is 17.7 Å². The molecule has 0 saturated carbocycles. The molecule has 0 heterocycles. The van der Waals surface area contributed by atoms with Crippen molar-refractivity contribution in [2.45, 2.75) is 0 Å². The minimum absolute atomic E-state index is 0.166. The number of primary amides is 1. The maximum atomic E-state index is 11.8. The summed E-state index contributed by atoms with van der Waals surface area (Å²) in [5.74, 6) is -0.841. The van der Waals surface area contributed by atoms with Crippen molar-refractivity contribution in [3.63, 3.8) is 0 Å². The lowest BCUT2D eigenvalue weighted by Crippen LogP contribution is -2.37. The summed E-state index contributed by atoms with van der Waals surface area (Å²) in [6, 6.07) is 12.9. The molecule has 0 radical (unpaired) electrons. The SMILES string of the molecule is COc1ccc(OCCNC(=O)C(=O)Nc2ccc(C(N)=O)cc2)cc1. The number of ether oxygens (including phenoxy) is 2. The van der Waals surface area contributed by atoms with Gasteiger partial charge in [0.2, 0.25) is 5.91 Å². The molecule has 2 aromatic rings. The number of nitrogens with one attached hydrogen (secondary N) is 2. The summed E-state index contributed by atoms with van der Waals surface area (Å²) in [6.07, 6.45) is 0. The highest BCUT2D eigenvalue weighted by molar-refractivity contribution is 6.39. The van der Waals surface area contributed by atoms with E-state index in [1.807, 2.05) is 0 Å². The van der Waals surface area contributed by atoms with Gasteiger partial charge in [0.1, 0.15) is 18.1 Å². The van der Waals surface area contributed by atoms with Crippen LogP contribution in [0.1, 0.15) is 10.4 Å². The Kier molecular flexibility index (Phi) is 6.55. The van der Waals surface area contributed by atoms with Crippen LogP contribution in [0.25, 0.3) is 0 Å². The van der Waals surface area contributed by atoms with Crippen molar-refractivity contribution < 1.29 is 23.9 Å². The normalized spacial score (nSPS) is 9.88. The number of hydrogen-bond acceptors (Lipinski definition) is 5. The second kappa shape index (κ2) is 9.07. The predicted octanol–water partition coefficient (Wildman–Crippen LogP) is 0.928. The van der Waals surface area contributed by atoms with Gasteiger partial charge in [-0.05, 0) is 48.5 Å². The maximum Gasteiger partial charge on any atom is 0.313 e. The molecule has 0 atom stereocenters. The third-order valence-electron chi connectivity index (χ3n) is 3.35. The summed E-state index contributed by atoms with van der Waals surface area (Å²) in [6.45, 7) is 0.373. The van der Waals surface area contributed by atoms with Gasteiger partial charge in [0.25, 0.3) is 0 Å². The first-order valence-corrected chi connectivity index (χ1v) is 7.75. The molecule has 2 aromatic carbocycles. The molecule has 3 amide bonds. The summed E-state index contributed by atoms with van der Waals surface area (Å²) < 4.78 is 10.5. The lowest BCUT2D eigenvalue weighted by Gasteiger charge is -2.09. The molecule has 8 heteroatoms. The number of rotatable bonds is 7. The molecule has 8 nitrogen and oxygen atoms in total. The fraction of sp³-hybridized carbons (Fsp3) is 0.167. The third kappa shape index (κ3) is 5.52. The zero-order valence-electron chi connectivity index (χ0n) is 14.2. The number of methoxy groups -OCH3 is 1. The van der Waals surface area contributed by atoms with Crippen LogP contribution in [0.5, 0.6) is 11.5 Å². The van der Waals surface area contributed by atoms with Gasteiger partial charge in [-0.15, -0.1) is 0 Å². The molecular formula is C18H19N3O5. The van der Waals surface area contributed by atoms with Crippen molar-refractivity contribution >= 4 is 23.4 Å². The Morgan fingerprint density at radius 2 is 1.54 bits per heavy atom. The Morgan fingerprint density at radius 1 is 0.923 bits per heavy atom. The number of carbonyl (C=O) groups excluding carboxylic acids is 3. The monoisotopic (exact) mass is 357 g/mol. The minimum atomic E-state index is -0.818. The van der Waals surface area contributed by atoms with Gasteiger partial charge < -0.3 is 25.8 Å². The zero-order chi connectivity index (χ0) is 18.9. The van der Waals surface area contributed by atoms with Crippen LogP contribution in [0.15, 0.2) is 48.5 Å². The van der Waals surface area contributed by atoms with Gasteiger partial charge in [-0.3, -0.25) is 14.4 Å². The summed E-state index contributed by atoms with van der Waals surface area (Å²) in [7, 11) is 1.57. The van der Waals surface area contributed by atoms with Crippen LogP contribution in [0.3, 0.4) is 0 Å². The summed E-state index contributed by atoms with van der Waals surface area (Å²) in [4.78, 5) is 34.5. The first-order valence-electron chi connectivity index (χ1n) is 7.75. The Hall–Kier alpha value is -3.55. The smallest absolute Gasteiger partial charge is 0.313 e. The second-order valence-corrected chi connectivity index (χ2v) is 5.18. The Morgan fingerprint density at radius 3 is 2.12 bits per heavy atom. The van der Waals surface area contributed by atoms with Crippen molar-refractivity contribution in [2.24, 2.45) is 5.73 Å². The highest BCUT2D eigenvalue weighted by Gasteiger charge is 2.13. The number of benzene rings is 2. The molecule has 0 aliphatic heterocycles. The van der Waals surface area contributed by atoms with E-state index in [0.29, 0.717) is 22.7 Å². The summed E-state index contributed by atoms with van der Waals surface area (Å²) in [5, 5.41) is 4.87.